The van der Waals surface area contributed by atoms with Crippen LogP contribution in [0.2, 0.25) is 0 Å². The van der Waals surface area contributed by atoms with E-state index in [1.807, 2.05) is 13.0 Å². The van der Waals surface area contributed by atoms with Crippen molar-refractivity contribution in [1.29, 1.82) is 0 Å². The van der Waals surface area contributed by atoms with Crippen LogP contribution in [0.15, 0.2) is 36.1 Å². The summed E-state index contributed by atoms with van der Waals surface area (Å²) in [7, 11) is 3.17. The molecule has 7 heteroatoms. The maximum Gasteiger partial charge on any atom is 0.260 e. The third kappa shape index (κ3) is 2.98. The van der Waals surface area contributed by atoms with Crippen LogP contribution < -0.4 is 15.8 Å². The molecule has 2 aliphatic heterocycles. The molecule has 3 N–H and O–H groups in total. The van der Waals surface area contributed by atoms with Crippen LogP contribution in [0, 0.1) is 6.92 Å². The van der Waals surface area contributed by atoms with Gasteiger partial charge in [0.1, 0.15) is 12.0 Å². The second-order valence-corrected chi connectivity index (χ2v) is 6.06. The van der Waals surface area contributed by atoms with Gasteiger partial charge in [0.15, 0.2) is 0 Å². The smallest absolute Gasteiger partial charge is 0.260 e. The molecular weight excluding hydrogens is 322 g/mol. The summed E-state index contributed by atoms with van der Waals surface area (Å²) >= 11 is 0. The molecule has 0 aromatic heterocycles. The third-order valence-electron chi connectivity index (χ3n) is 4.48. The van der Waals surface area contributed by atoms with Gasteiger partial charge in [0, 0.05) is 19.4 Å². The number of benzene rings is 1. The Morgan fingerprint density at radius 2 is 2.16 bits per heavy atom. The van der Waals surface area contributed by atoms with Gasteiger partial charge >= 0.3 is 0 Å². The number of anilines is 1. The lowest BCUT2D eigenvalue weighted by Crippen LogP contribution is -2.43. The van der Waals surface area contributed by atoms with Gasteiger partial charge in [-0.1, -0.05) is 12.1 Å². The number of carbonyl (C=O) groups excluding carboxylic acids is 2. The van der Waals surface area contributed by atoms with Crippen molar-refractivity contribution >= 4 is 17.5 Å². The second-order valence-electron chi connectivity index (χ2n) is 6.06. The molecule has 3 rings (SSSR count). The number of nitrogens with zero attached hydrogens (tertiary/aromatic N) is 1. The summed E-state index contributed by atoms with van der Waals surface area (Å²) in [6.07, 6.45) is 4.79. The molecule has 0 saturated heterocycles. The highest BCUT2D eigenvalue weighted by atomic mass is 16.5. The highest BCUT2D eigenvalue weighted by Crippen LogP contribution is 2.39. The molecule has 0 radical (unpaired) electrons. The summed E-state index contributed by atoms with van der Waals surface area (Å²) in [6, 6.07) is 3.40. The number of fused-ring (bicyclic) bond motifs is 2. The molecule has 2 amide bonds. The average molecular weight is 343 g/mol. The molecule has 0 saturated carbocycles. The van der Waals surface area contributed by atoms with Gasteiger partial charge in [-0.05, 0) is 30.5 Å². The van der Waals surface area contributed by atoms with E-state index in [2.05, 4.69) is 5.32 Å². The highest BCUT2D eigenvalue weighted by Gasteiger charge is 2.40. The van der Waals surface area contributed by atoms with E-state index in [4.69, 9.17) is 15.2 Å². The molecule has 2 atom stereocenters. The lowest BCUT2D eigenvalue weighted by atomic mass is 10.1. The molecule has 1 aromatic carbocycles. The maximum absolute atomic E-state index is 13.1. The van der Waals surface area contributed by atoms with E-state index in [0.29, 0.717) is 23.4 Å². The van der Waals surface area contributed by atoms with E-state index in [1.165, 1.54) is 6.08 Å². The zero-order valence-electron chi connectivity index (χ0n) is 14.4. The van der Waals surface area contributed by atoms with E-state index < -0.39 is 12.1 Å². The second kappa shape index (κ2) is 6.60. The number of nitrogens with one attached hydrogen (secondary N) is 1. The highest BCUT2D eigenvalue weighted by molar-refractivity contribution is 6.03. The number of nitrogens with two attached hydrogens (primary N) is 1. The molecule has 2 heterocycles. The molecular formula is C18H21N3O4. The fourth-order valence-corrected chi connectivity index (χ4v) is 3.29. The number of primary amides is 1. The Balaban J connectivity index is 2.05. The summed E-state index contributed by atoms with van der Waals surface area (Å²) in [5.41, 5.74) is 8.07. The van der Waals surface area contributed by atoms with Gasteiger partial charge in [0.05, 0.1) is 24.4 Å². The summed E-state index contributed by atoms with van der Waals surface area (Å²) < 4.78 is 11.1. The first-order chi connectivity index (χ1) is 12.0. The number of ether oxygens (including phenoxy) is 2. The lowest BCUT2D eigenvalue weighted by Gasteiger charge is -2.27. The Kier molecular flexibility index (Phi) is 4.50. The van der Waals surface area contributed by atoms with Gasteiger partial charge in [-0.25, -0.2) is 0 Å². The van der Waals surface area contributed by atoms with Crippen LogP contribution in [0.3, 0.4) is 0 Å². The monoisotopic (exact) mass is 343 g/mol. The van der Waals surface area contributed by atoms with Gasteiger partial charge in [-0.3, -0.25) is 9.59 Å². The largest absolute Gasteiger partial charge is 0.494 e. The summed E-state index contributed by atoms with van der Waals surface area (Å²) in [5.74, 6) is -0.0407. The Morgan fingerprint density at radius 3 is 2.80 bits per heavy atom. The SMILES string of the molecule is COc1c(C)ccc2c1N[C@H](OC)[C@@H]1CC(/C=C/C(N)=O)=CN1C2=O. The van der Waals surface area contributed by atoms with E-state index in [0.717, 1.165) is 11.1 Å². The average Bonchev–Trinajstić information content (AvgIpc) is 2.97. The predicted octanol–water partition coefficient (Wildman–Crippen LogP) is 1.54. The normalized spacial score (nSPS) is 22.1. The molecule has 132 valence electrons. The van der Waals surface area contributed by atoms with Crippen molar-refractivity contribution in [1.82, 2.24) is 4.90 Å². The van der Waals surface area contributed by atoms with Crippen molar-refractivity contribution in [2.45, 2.75) is 25.6 Å². The predicted molar refractivity (Wildman–Crippen MR) is 93.1 cm³/mol. The number of amides is 2. The molecule has 0 bridgehead atoms. The number of hydrogen-bond acceptors (Lipinski definition) is 5. The lowest BCUT2D eigenvalue weighted by molar-refractivity contribution is -0.113. The zero-order valence-corrected chi connectivity index (χ0v) is 14.4. The molecule has 0 aliphatic carbocycles. The maximum atomic E-state index is 13.1. The molecule has 2 aliphatic rings. The minimum atomic E-state index is -0.527. The molecule has 7 nitrogen and oxygen atoms in total. The van der Waals surface area contributed by atoms with Crippen LogP contribution in [-0.4, -0.2) is 43.2 Å². The molecule has 0 unspecified atom stereocenters. The molecule has 0 spiro atoms. The van der Waals surface area contributed by atoms with Crippen LogP contribution >= 0.6 is 0 Å². The number of rotatable bonds is 4. The van der Waals surface area contributed by atoms with Crippen LogP contribution in [0.5, 0.6) is 5.75 Å². The zero-order chi connectivity index (χ0) is 18.1. The third-order valence-corrected chi connectivity index (χ3v) is 4.48. The summed E-state index contributed by atoms with van der Waals surface area (Å²) in [6.45, 7) is 1.92. The fourth-order valence-electron chi connectivity index (χ4n) is 3.29. The van der Waals surface area contributed by atoms with Crippen LogP contribution in [0.1, 0.15) is 22.3 Å². The quantitative estimate of drug-likeness (QED) is 0.809. The van der Waals surface area contributed by atoms with Crippen LogP contribution in [0.4, 0.5) is 5.69 Å². The molecule has 0 fully saturated rings. The van der Waals surface area contributed by atoms with Gasteiger partial charge in [0.25, 0.3) is 5.91 Å². The standard InChI is InChI=1S/C18H21N3O4/c1-10-4-6-12-15(16(10)24-2)20-17(25-3)13-8-11(5-7-14(19)22)9-21(13)18(12)23/h4-7,9,13,17,20H,8H2,1-3H3,(H2,19,22)/b7-5+/t13-,17+/m0/s1. The van der Waals surface area contributed by atoms with Crippen LogP contribution in [-0.2, 0) is 9.53 Å². The number of hydrogen-bond donors (Lipinski definition) is 2. The van der Waals surface area contributed by atoms with Crippen molar-refractivity contribution < 1.29 is 19.1 Å². The van der Waals surface area contributed by atoms with E-state index >= 15 is 0 Å². The van der Waals surface area contributed by atoms with Gasteiger partial charge in [-0.15, -0.1) is 0 Å². The minimum absolute atomic E-state index is 0.146. The fraction of sp³-hybridized carbons (Fsp3) is 0.333. The van der Waals surface area contributed by atoms with E-state index in [1.54, 1.807) is 37.5 Å². The Hall–Kier alpha value is -2.80. The van der Waals surface area contributed by atoms with Crippen molar-refractivity contribution in [3.8, 4) is 5.75 Å². The number of methoxy groups -OCH3 is 2. The van der Waals surface area contributed by atoms with Gasteiger partial charge < -0.3 is 25.4 Å². The van der Waals surface area contributed by atoms with E-state index in [9.17, 15) is 9.59 Å². The summed E-state index contributed by atoms with van der Waals surface area (Å²) in [4.78, 5) is 25.7. The van der Waals surface area contributed by atoms with E-state index in [-0.39, 0.29) is 11.9 Å². The first-order valence-corrected chi connectivity index (χ1v) is 7.94. The van der Waals surface area contributed by atoms with Crippen molar-refractivity contribution in [3.05, 3.63) is 47.2 Å². The summed E-state index contributed by atoms with van der Waals surface area (Å²) in [5, 5.41) is 3.30. The van der Waals surface area contributed by atoms with Gasteiger partial charge in [0.2, 0.25) is 5.91 Å². The van der Waals surface area contributed by atoms with Crippen molar-refractivity contribution in [2.75, 3.05) is 19.5 Å². The minimum Gasteiger partial charge on any atom is -0.494 e. The number of carbonyl (C=O) groups is 2. The first kappa shape index (κ1) is 17.0. The topological polar surface area (TPSA) is 93.9 Å². The number of aryl methyl sites for hydroxylation is 1. The van der Waals surface area contributed by atoms with Crippen LogP contribution in [0.25, 0.3) is 0 Å². The first-order valence-electron chi connectivity index (χ1n) is 7.94. The Labute approximate surface area is 146 Å². The molecule has 1 aromatic rings. The number of allylic oxidation sites excluding steroid dienone is 1. The molecule has 25 heavy (non-hydrogen) atoms. The Bertz CT molecular complexity index is 785. The Morgan fingerprint density at radius 1 is 1.40 bits per heavy atom. The van der Waals surface area contributed by atoms with Gasteiger partial charge in [-0.2, -0.15) is 0 Å². The van der Waals surface area contributed by atoms with Crippen molar-refractivity contribution in [3.63, 3.8) is 0 Å². The van der Waals surface area contributed by atoms with Crippen molar-refractivity contribution in [2.24, 2.45) is 5.73 Å².